The van der Waals surface area contributed by atoms with Gasteiger partial charge in [-0.3, -0.25) is 0 Å². The van der Waals surface area contributed by atoms with E-state index in [9.17, 15) is 9.59 Å². The Kier molecular flexibility index (Phi) is 4.41. The molecule has 2 atom stereocenters. The summed E-state index contributed by atoms with van der Waals surface area (Å²) >= 11 is 0. The monoisotopic (exact) mass is 345 g/mol. The average Bonchev–Trinajstić information content (AvgIpc) is 2.91. The lowest BCUT2D eigenvalue weighted by Crippen LogP contribution is -2.49. The highest BCUT2D eigenvalue weighted by atomic mass is 16.6. The van der Waals surface area contributed by atoms with Gasteiger partial charge in [0.15, 0.2) is 0 Å². The summed E-state index contributed by atoms with van der Waals surface area (Å²) in [6, 6.07) is 7.81. The van der Waals surface area contributed by atoms with E-state index in [1.54, 1.807) is 27.7 Å². The Balaban J connectivity index is 1.95. The maximum Gasteiger partial charge on any atom is 0.432 e. The van der Waals surface area contributed by atoms with Crippen LogP contribution in [0.4, 0.5) is 10.5 Å². The van der Waals surface area contributed by atoms with E-state index in [-0.39, 0.29) is 24.4 Å². The fourth-order valence-electron chi connectivity index (χ4n) is 3.08. The molecule has 25 heavy (non-hydrogen) atoms. The van der Waals surface area contributed by atoms with E-state index in [0.717, 1.165) is 11.3 Å². The number of carbonyl (C=O) groups excluding carboxylic acids is 2. The van der Waals surface area contributed by atoms with E-state index in [0.29, 0.717) is 6.42 Å². The zero-order valence-electron chi connectivity index (χ0n) is 14.9. The molecule has 2 heterocycles. The average molecular weight is 345 g/mol. The third-order valence-electron chi connectivity index (χ3n) is 4.04. The number of carbonyl (C=O) groups is 2. The molecule has 7 nitrogen and oxygen atoms in total. The number of nitrogens with zero attached hydrogens (tertiary/aromatic N) is 2. The third kappa shape index (κ3) is 3.45. The van der Waals surface area contributed by atoms with Gasteiger partial charge >= 0.3 is 12.1 Å². The third-order valence-corrected chi connectivity index (χ3v) is 4.04. The number of anilines is 1. The lowest BCUT2D eigenvalue weighted by Gasteiger charge is -2.34. The van der Waals surface area contributed by atoms with E-state index in [4.69, 9.17) is 9.47 Å². The normalized spacial score (nSPS) is 21.6. The molecule has 0 saturated carbocycles. The lowest BCUT2D eigenvalue weighted by atomic mass is 9.92. The summed E-state index contributed by atoms with van der Waals surface area (Å²) in [5.41, 5.74) is 1.56. The van der Waals surface area contributed by atoms with E-state index in [2.05, 4.69) is 10.4 Å². The number of fused-ring (bicyclic) bond motifs is 3. The summed E-state index contributed by atoms with van der Waals surface area (Å²) in [5.74, 6) is -0.584. The van der Waals surface area contributed by atoms with Gasteiger partial charge in [0.2, 0.25) is 0 Å². The SMILES string of the molecule is CCOC(=O)C1=NN(C(=O)OC(C)(C)C)[C@@H]2Nc3ccccc3[C@@H]2C1. The molecule has 0 saturated heterocycles. The Morgan fingerprint density at radius 3 is 2.72 bits per heavy atom. The molecule has 0 aromatic heterocycles. The second kappa shape index (κ2) is 6.38. The van der Waals surface area contributed by atoms with Gasteiger partial charge in [0.1, 0.15) is 17.5 Å². The number of rotatable bonds is 2. The van der Waals surface area contributed by atoms with E-state index < -0.39 is 17.7 Å². The van der Waals surface area contributed by atoms with E-state index in [1.807, 2.05) is 24.3 Å². The number of ether oxygens (including phenoxy) is 2. The van der Waals surface area contributed by atoms with Gasteiger partial charge < -0.3 is 14.8 Å². The van der Waals surface area contributed by atoms with Gasteiger partial charge in [0, 0.05) is 18.0 Å². The number of hydrogen-bond donors (Lipinski definition) is 1. The van der Waals surface area contributed by atoms with Crippen molar-refractivity contribution in [1.29, 1.82) is 0 Å². The standard InChI is InChI=1S/C18H23N3O4/c1-5-24-16(22)14-10-12-11-8-6-7-9-13(11)19-15(12)21(20-14)17(23)25-18(2,3)4/h6-9,12,15,19H,5,10H2,1-4H3/t12-,15-/m0/s1. The van der Waals surface area contributed by atoms with Crippen molar-refractivity contribution >= 4 is 23.5 Å². The molecular weight excluding hydrogens is 322 g/mol. The number of esters is 1. The number of hydrazone groups is 1. The maximum absolute atomic E-state index is 12.6. The minimum Gasteiger partial charge on any atom is -0.461 e. The minimum atomic E-state index is -0.658. The predicted molar refractivity (Wildman–Crippen MR) is 93.4 cm³/mol. The molecule has 7 heteroatoms. The number of para-hydroxylation sites is 1. The molecule has 134 valence electrons. The van der Waals surface area contributed by atoms with Crippen molar-refractivity contribution in [2.45, 2.75) is 51.8 Å². The number of amides is 1. The number of hydrogen-bond acceptors (Lipinski definition) is 6. The van der Waals surface area contributed by atoms with Crippen molar-refractivity contribution in [1.82, 2.24) is 5.01 Å². The van der Waals surface area contributed by atoms with Gasteiger partial charge in [-0.25, -0.2) is 9.59 Å². The summed E-state index contributed by atoms with van der Waals surface area (Å²) in [4.78, 5) is 24.8. The number of benzene rings is 1. The highest BCUT2D eigenvalue weighted by Gasteiger charge is 2.45. The molecule has 0 aliphatic carbocycles. The molecule has 2 aliphatic heterocycles. The van der Waals surface area contributed by atoms with Crippen molar-refractivity contribution in [2.24, 2.45) is 5.10 Å². The van der Waals surface area contributed by atoms with Crippen LogP contribution in [0, 0.1) is 0 Å². The van der Waals surface area contributed by atoms with Crippen LogP contribution in [0.15, 0.2) is 29.4 Å². The van der Waals surface area contributed by atoms with Crippen LogP contribution in [0.2, 0.25) is 0 Å². The molecule has 0 spiro atoms. The first kappa shape index (κ1) is 17.3. The fraction of sp³-hybridized carbons (Fsp3) is 0.500. The number of nitrogens with one attached hydrogen (secondary N) is 1. The first-order valence-corrected chi connectivity index (χ1v) is 8.42. The van der Waals surface area contributed by atoms with Crippen LogP contribution in [0.25, 0.3) is 0 Å². The predicted octanol–water partition coefficient (Wildman–Crippen LogP) is 3.08. The van der Waals surface area contributed by atoms with Crippen LogP contribution in [0.5, 0.6) is 0 Å². The van der Waals surface area contributed by atoms with Crippen molar-refractivity contribution in [2.75, 3.05) is 11.9 Å². The van der Waals surface area contributed by atoms with Crippen LogP contribution < -0.4 is 5.32 Å². The Hall–Kier alpha value is -2.57. The molecule has 0 unspecified atom stereocenters. The van der Waals surface area contributed by atoms with Crippen LogP contribution in [0.3, 0.4) is 0 Å². The quantitative estimate of drug-likeness (QED) is 0.833. The van der Waals surface area contributed by atoms with Crippen molar-refractivity contribution in [3.05, 3.63) is 29.8 Å². The molecule has 1 amide bonds. The summed E-state index contributed by atoms with van der Waals surface area (Å²) in [6.07, 6.45) is -0.568. The summed E-state index contributed by atoms with van der Waals surface area (Å²) in [7, 11) is 0. The highest BCUT2D eigenvalue weighted by Crippen LogP contribution is 2.42. The van der Waals surface area contributed by atoms with Gasteiger partial charge in [-0.05, 0) is 39.3 Å². The van der Waals surface area contributed by atoms with Crippen molar-refractivity contribution < 1.29 is 19.1 Å². The van der Waals surface area contributed by atoms with E-state index in [1.165, 1.54) is 5.01 Å². The Bertz CT molecular complexity index is 723. The molecule has 1 aromatic carbocycles. The summed E-state index contributed by atoms with van der Waals surface area (Å²) in [6.45, 7) is 7.37. The molecule has 0 radical (unpaired) electrons. The van der Waals surface area contributed by atoms with Gasteiger partial charge in [-0.15, -0.1) is 0 Å². The van der Waals surface area contributed by atoms with Crippen LogP contribution in [-0.4, -0.2) is 41.2 Å². The second-order valence-electron chi connectivity index (χ2n) is 7.08. The Morgan fingerprint density at radius 2 is 2.04 bits per heavy atom. The fourth-order valence-corrected chi connectivity index (χ4v) is 3.08. The first-order valence-electron chi connectivity index (χ1n) is 8.42. The van der Waals surface area contributed by atoms with Gasteiger partial charge in [0.25, 0.3) is 0 Å². The van der Waals surface area contributed by atoms with E-state index >= 15 is 0 Å². The highest BCUT2D eigenvalue weighted by molar-refractivity contribution is 6.36. The van der Waals surface area contributed by atoms with Crippen molar-refractivity contribution in [3.63, 3.8) is 0 Å². The van der Waals surface area contributed by atoms with Gasteiger partial charge in [-0.1, -0.05) is 18.2 Å². The topological polar surface area (TPSA) is 80.2 Å². The van der Waals surface area contributed by atoms with Crippen LogP contribution in [-0.2, 0) is 14.3 Å². The first-order chi connectivity index (χ1) is 11.8. The zero-order valence-corrected chi connectivity index (χ0v) is 14.9. The maximum atomic E-state index is 12.6. The smallest absolute Gasteiger partial charge is 0.432 e. The lowest BCUT2D eigenvalue weighted by molar-refractivity contribution is -0.135. The molecule has 1 aromatic rings. The molecule has 2 aliphatic rings. The van der Waals surface area contributed by atoms with Crippen LogP contribution >= 0.6 is 0 Å². The van der Waals surface area contributed by atoms with Crippen molar-refractivity contribution in [3.8, 4) is 0 Å². The second-order valence-corrected chi connectivity index (χ2v) is 7.08. The Labute approximate surface area is 147 Å². The summed E-state index contributed by atoms with van der Waals surface area (Å²) in [5, 5.41) is 8.79. The molecule has 1 N–H and O–H groups in total. The Morgan fingerprint density at radius 1 is 1.32 bits per heavy atom. The van der Waals surface area contributed by atoms with Gasteiger partial charge in [0.05, 0.1) is 6.61 Å². The molecule has 3 rings (SSSR count). The summed E-state index contributed by atoms with van der Waals surface area (Å²) < 4.78 is 10.5. The molecular formula is C18H23N3O4. The zero-order chi connectivity index (χ0) is 18.2. The molecule has 0 bridgehead atoms. The van der Waals surface area contributed by atoms with Crippen LogP contribution in [0.1, 0.15) is 45.6 Å². The minimum absolute atomic E-state index is 0.0828. The largest absolute Gasteiger partial charge is 0.461 e. The van der Waals surface area contributed by atoms with Gasteiger partial charge in [-0.2, -0.15) is 10.1 Å². The molecule has 0 fully saturated rings.